The summed E-state index contributed by atoms with van der Waals surface area (Å²) < 4.78 is 32.8. The van der Waals surface area contributed by atoms with Gasteiger partial charge in [-0.3, -0.25) is 23.4 Å². The van der Waals surface area contributed by atoms with Crippen LogP contribution in [0.15, 0.2) is 36.5 Å². The third-order valence-corrected chi connectivity index (χ3v) is 11.8. The van der Waals surface area contributed by atoms with E-state index in [-0.39, 0.29) is 19.4 Å². The molecule has 62 heavy (non-hydrogen) atoms. The summed E-state index contributed by atoms with van der Waals surface area (Å²) in [7, 11) is -4.72. The second kappa shape index (κ2) is 45.3. The van der Waals surface area contributed by atoms with E-state index in [4.69, 9.17) is 24.8 Å². The predicted octanol–water partition coefficient (Wildman–Crippen LogP) is 14.0. The van der Waals surface area contributed by atoms with E-state index in [2.05, 4.69) is 54.8 Å². The molecule has 4 N–H and O–H groups in total. The lowest BCUT2D eigenvalue weighted by atomic mass is 10.1. The van der Waals surface area contributed by atoms with Gasteiger partial charge in [-0.2, -0.15) is 0 Å². The average molecular weight is 898 g/mol. The summed E-state index contributed by atoms with van der Waals surface area (Å²) in [6.45, 7) is 2.80. The molecule has 0 aromatic carbocycles. The fraction of sp³-hybridized carbons (Fsp3) is 0.820. The van der Waals surface area contributed by atoms with Gasteiger partial charge in [-0.05, 0) is 70.6 Å². The molecule has 0 aromatic rings. The normalized spacial score (nSPS) is 13.9. The van der Waals surface area contributed by atoms with Gasteiger partial charge in [0.1, 0.15) is 12.6 Å². The number of unbranched alkanes of at least 4 members (excludes halogenated alkanes) is 27. The number of carbonyl (C=O) groups excluding carboxylic acids is 2. The molecule has 0 spiro atoms. The summed E-state index contributed by atoms with van der Waals surface area (Å²) in [5.74, 6) is -2.38. The number of carboxylic acid groups (broad SMARTS) is 1. The first-order valence-corrected chi connectivity index (χ1v) is 26.5. The number of esters is 2. The van der Waals surface area contributed by atoms with Gasteiger partial charge in [0.05, 0.1) is 13.2 Å². The molecule has 0 aromatic heterocycles. The number of allylic oxidation sites excluding steroid dienone is 6. The molecule has 0 saturated heterocycles. The third kappa shape index (κ3) is 44.3. The fourth-order valence-corrected chi connectivity index (χ4v) is 7.69. The summed E-state index contributed by atoms with van der Waals surface area (Å²) >= 11 is 0. The summed E-state index contributed by atoms with van der Waals surface area (Å²) in [5, 5.41) is 8.91. The van der Waals surface area contributed by atoms with Crippen LogP contribution in [-0.4, -0.2) is 59.9 Å². The van der Waals surface area contributed by atoms with Gasteiger partial charge in [0.2, 0.25) is 0 Å². The zero-order valence-corrected chi connectivity index (χ0v) is 40.4. The topological polar surface area (TPSA) is 172 Å². The van der Waals surface area contributed by atoms with Crippen molar-refractivity contribution in [1.82, 2.24) is 0 Å². The Morgan fingerprint density at radius 3 is 1.31 bits per heavy atom. The lowest BCUT2D eigenvalue weighted by Crippen LogP contribution is -2.34. The smallest absolute Gasteiger partial charge is 0.472 e. The first-order valence-electron chi connectivity index (χ1n) is 25.0. The van der Waals surface area contributed by atoms with Crippen LogP contribution in [0.2, 0.25) is 0 Å². The van der Waals surface area contributed by atoms with Gasteiger partial charge in [-0.1, -0.05) is 185 Å². The Hall–Kier alpha value is -2.30. The second-order valence-corrected chi connectivity index (χ2v) is 18.4. The maximum atomic E-state index is 12.7. The molecule has 0 rings (SSSR count). The van der Waals surface area contributed by atoms with Crippen LogP contribution in [0.3, 0.4) is 0 Å². The number of hydrogen-bond acceptors (Lipinski definition) is 9. The van der Waals surface area contributed by atoms with Gasteiger partial charge in [-0.25, -0.2) is 4.57 Å². The van der Waals surface area contributed by atoms with E-state index in [1.807, 2.05) is 0 Å². The Morgan fingerprint density at radius 2 is 0.855 bits per heavy atom. The Labute approximate surface area is 378 Å². The highest BCUT2D eigenvalue weighted by atomic mass is 31.2. The molecule has 0 heterocycles. The molecule has 0 aliphatic heterocycles. The molecule has 12 heteroatoms. The zero-order valence-electron chi connectivity index (χ0n) is 39.5. The van der Waals surface area contributed by atoms with Crippen molar-refractivity contribution in [3.63, 3.8) is 0 Å². The van der Waals surface area contributed by atoms with Crippen LogP contribution in [0.4, 0.5) is 0 Å². The summed E-state index contributed by atoms with van der Waals surface area (Å²) in [6.07, 6.45) is 50.6. The molecule has 0 aliphatic rings. The average Bonchev–Trinajstić information content (AvgIpc) is 3.25. The van der Waals surface area contributed by atoms with Crippen molar-refractivity contribution >= 4 is 25.7 Å². The largest absolute Gasteiger partial charge is 0.480 e. The first kappa shape index (κ1) is 59.7. The van der Waals surface area contributed by atoms with Crippen molar-refractivity contribution in [1.29, 1.82) is 0 Å². The summed E-state index contributed by atoms with van der Waals surface area (Å²) in [4.78, 5) is 46.1. The number of rotatable bonds is 47. The number of carboxylic acids is 1. The number of nitrogens with two attached hydrogens (primary N) is 1. The van der Waals surface area contributed by atoms with E-state index in [0.717, 1.165) is 57.8 Å². The highest BCUT2D eigenvalue weighted by Gasteiger charge is 2.28. The Morgan fingerprint density at radius 1 is 0.500 bits per heavy atom. The molecule has 3 atom stereocenters. The summed E-state index contributed by atoms with van der Waals surface area (Å²) in [5.41, 5.74) is 5.35. The third-order valence-electron chi connectivity index (χ3n) is 10.9. The van der Waals surface area contributed by atoms with Crippen LogP contribution < -0.4 is 5.73 Å². The van der Waals surface area contributed by atoms with E-state index in [1.165, 1.54) is 135 Å². The predicted molar refractivity (Wildman–Crippen MR) is 254 cm³/mol. The van der Waals surface area contributed by atoms with Crippen molar-refractivity contribution in [2.75, 3.05) is 19.8 Å². The van der Waals surface area contributed by atoms with Crippen molar-refractivity contribution in [3.8, 4) is 0 Å². The molecule has 362 valence electrons. The number of phosphoric acid groups is 1. The van der Waals surface area contributed by atoms with Gasteiger partial charge in [0.25, 0.3) is 0 Å². The van der Waals surface area contributed by atoms with Gasteiger partial charge >= 0.3 is 25.7 Å². The Kier molecular flexibility index (Phi) is 43.6. The van der Waals surface area contributed by atoms with E-state index < -0.39 is 51.1 Å². The molecule has 0 aliphatic carbocycles. The highest BCUT2D eigenvalue weighted by Crippen LogP contribution is 2.43. The number of ether oxygens (including phenoxy) is 2. The minimum atomic E-state index is -4.72. The van der Waals surface area contributed by atoms with Crippen LogP contribution in [0.1, 0.15) is 232 Å². The molecular weight excluding hydrogens is 806 g/mol. The molecule has 0 radical (unpaired) electrons. The second-order valence-electron chi connectivity index (χ2n) is 16.9. The molecule has 0 saturated carbocycles. The van der Waals surface area contributed by atoms with E-state index in [0.29, 0.717) is 12.8 Å². The SMILES string of the molecule is CCCCC/C=C\C/C=C\CCCCCCCCCC(=O)OC(COC(=O)CCCCCCCCCCC/C=C\CCCCCCCCCC)COP(=O)(O)OCC(N)C(=O)O. The van der Waals surface area contributed by atoms with Gasteiger partial charge in [-0.15, -0.1) is 0 Å². The van der Waals surface area contributed by atoms with Crippen molar-refractivity contribution in [2.45, 2.75) is 244 Å². The molecule has 3 unspecified atom stereocenters. The van der Waals surface area contributed by atoms with Gasteiger partial charge < -0.3 is 25.2 Å². The lowest BCUT2D eigenvalue weighted by Gasteiger charge is -2.20. The van der Waals surface area contributed by atoms with Crippen molar-refractivity contribution in [3.05, 3.63) is 36.5 Å². The van der Waals surface area contributed by atoms with Crippen LogP contribution in [-0.2, 0) is 37.5 Å². The van der Waals surface area contributed by atoms with Crippen LogP contribution in [0, 0.1) is 0 Å². The minimum Gasteiger partial charge on any atom is -0.480 e. The lowest BCUT2D eigenvalue weighted by molar-refractivity contribution is -0.161. The Bertz CT molecular complexity index is 1190. The highest BCUT2D eigenvalue weighted by molar-refractivity contribution is 7.47. The molecule has 0 fully saturated rings. The van der Waals surface area contributed by atoms with Crippen molar-refractivity contribution in [2.24, 2.45) is 5.73 Å². The summed E-state index contributed by atoms with van der Waals surface area (Å²) in [6, 6.07) is -1.52. The van der Waals surface area contributed by atoms with Crippen LogP contribution in [0.25, 0.3) is 0 Å². The zero-order chi connectivity index (χ0) is 45.6. The first-order chi connectivity index (χ1) is 30.1. The number of hydrogen-bond donors (Lipinski definition) is 3. The Balaban J connectivity index is 4.26. The number of phosphoric ester groups is 1. The van der Waals surface area contributed by atoms with Crippen LogP contribution in [0.5, 0.6) is 0 Å². The van der Waals surface area contributed by atoms with Crippen molar-refractivity contribution < 1.29 is 47.5 Å². The number of carbonyl (C=O) groups is 3. The minimum absolute atomic E-state index is 0.153. The monoisotopic (exact) mass is 898 g/mol. The number of aliphatic carboxylic acids is 1. The maximum Gasteiger partial charge on any atom is 0.472 e. The van der Waals surface area contributed by atoms with E-state index in [9.17, 15) is 23.8 Å². The van der Waals surface area contributed by atoms with E-state index >= 15 is 0 Å². The molecular formula is C50H92NO10P. The molecule has 0 bridgehead atoms. The van der Waals surface area contributed by atoms with Crippen LogP contribution >= 0.6 is 7.82 Å². The fourth-order valence-electron chi connectivity index (χ4n) is 6.91. The molecule has 0 amide bonds. The molecule has 11 nitrogen and oxygen atoms in total. The quantitative estimate of drug-likeness (QED) is 0.0230. The maximum absolute atomic E-state index is 12.7. The van der Waals surface area contributed by atoms with E-state index in [1.54, 1.807) is 0 Å². The van der Waals surface area contributed by atoms with Gasteiger partial charge in [0, 0.05) is 12.8 Å². The standard InChI is InChI=1S/C50H92NO10P/c1-3-5-7-9-11-13-15-17-19-21-22-23-24-26-27-29-31-33-35-37-39-41-48(52)58-43-46(44-59-62(56,57)60-45-47(51)50(54)55)61-49(53)42-40-38-36-34-32-30-28-25-20-18-16-14-12-10-8-6-4-2/h12,14,18,20-22,46-47H,3-11,13,15-17,19,23-45,51H2,1-2H3,(H,54,55)(H,56,57)/b14-12-,20-18-,22-21-. The van der Waals surface area contributed by atoms with Gasteiger partial charge in [0.15, 0.2) is 6.10 Å².